The molecule has 0 aliphatic carbocycles. The summed E-state index contributed by atoms with van der Waals surface area (Å²) in [5.74, 6) is 0.543. The normalized spacial score (nSPS) is 13.6. The van der Waals surface area contributed by atoms with E-state index in [0.717, 1.165) is 6.42 Å². The van der Waals surface area contributed by atoms with E-state index in [9.17, 15) is 4.55 Å². The summed E-state index contributed by atoms with van der Waals surface area (Å²) in [6, 6.07) is 0. The molecule has 0 aromatic rings. The van der Waals surface area contributed by atoms with Gasteiger partial charge in [0.1, 0.15) is 5.75 Å². The minimum absolute atomic E-state index is 0.513. The van der Waals surface area contributed by atoms with Crippen molar-refractivity contribution >= 4 is 11.2 Å². The molecule has 0 heterocycles. The fourth-order valence-corrected chi connectivity index (χ4v) is 2.01. The van der Waals surface area contributed by atoms with Crippen molar-refractivity contribution in [1.29, 1.82) is 0 Å². The Morgan fingerprint density at radius 1 is 1.31 bits per heavy atom. The van der Waals surface area contributed by atoms with Crippen LogP contribution in [0, 0.1) is 0 Å². The van der Waals surface area contributed by atoms with Gasteiger partial charge in [0.25, 0.3) is 0 Å². The van der Waals surface area contributed by atoms with Crippen LogP contribution in [0.15, 0.2) is 0 Å². The third-order valence-electron chi connectivity index (χ3n) is 1.37. The molecule has 1 atom stereocenters. The second-order valence-corrected chi connectivity index (χ2v) is 3.98. The summed E-state index contributed by atoms with van der Waals surface area (Å²) < 4.78 is 21.8. The lowest BCUT2D eigenvalue weighted by molar-refractivity contribution is -0.0800. The lowest BCUT2D eigenvalue weighted by Crippen LogP contribution is -2.30. The van der Waals surface area contributed by atoms with Crippen molar-refractivity contribution in [3.8, 4) is 0 Å². The van der Waals surface area contributed by atoms with Gasteiger partial charge < -0.3 is 19.8 Å². The molecule has 0 saturated carbocycles. The van der Waals surface area contributed by atoms with E-state index in [2.05, 4.69) is 0 Å². The van der Waals surface area contributed by atoms with Crippen LogP contribution in [-0.4, -0.2) is 35.7 Å². The second kappa shape index (κ2) is 8.77. The first-order chi connectivity index (χ1) is 6.26. The third-order valence-corrected chi connectivity index (χ3v) is 2.76. The molecular formula is C8H19NO3S. The Labute approximate surface area is 83.0 Å². The minimum atomic E-state index is -1.08. The summed E-state index contributed by atoms with van der Waals surface area (Å²) in [4.78, 5) is 0. The summed E-state index contributed by atoms with van der Waals surface area (Å²) in [5, 5.41) is 0. The molecule has 0 spiro atoms. The summed E-state index contributed by atoms with van der Waals surface area (Å²) in [5.41, 5.74) is 4.73. The number of rotatable bonds is 8. The third kappa shape index (κ3) is 6.29. The van der Waals surface area contributed by atoms with Crippen molar-refractivity contribution in [1.82, 2.24) is 0 Å². The Bertz CT molecular complexity index is 110. The average molecular weight is 209 g/mol. The van der Waals surface area contributed by atoms with Crippen LogP contribution in [0.4, 0.5) is 0 Å². The Morgan fingerprint density at radius 2 is 1.85 bits per heavy atom. The summed E-state index contributed by atoms with van der Waals surface area (Å²) in [6.07, 6.45) is 0.739. The van der Waals surface area contributed by atoms with Gasteiger partial charge >= 0.3 is 5.62 Å². The van der Waals surface area contributed by atoms with Crippen molar-refractivity contribution < 1.29 is 14.0 Å². The lowest BCUT2D eigenvalue weighted by atomic mass is 10.5. The van der Waals surface area contributed by atoms with Crippen LogP contribution in [0.25, 0.3) is 0 Å². The Morgan fingerprint density at radius 3 is 2.23 bits per heavy atom. The molecule has 0 amide bonds. The van der Waals surface area contributed by atoms with Gasteiger partial charge in [0.05, 0.1) is 13.2 Å². The zero-order valence-electron chi connectivity index (χ0n) is 8.32. The first kappa shape index (κ1) is 13.2. The van der Waals surface area contributed by atoms with Crippen molar-refractivity contribution in [2.24, 2.45) is 5.73 Å². The fraction of sp³-hybridized carbons (Fsp3) is 1.00. The maximum atomic E-state index is 11.5. The van der Waals surface area contributed by atoms with Crippen LogP contribution in [0.1, 0.15) is 20.3 Å². The van der Waals surface area contributed by atoms with E-state index in [1.54, 1.807) is 0 Å². The molecule has 2 N–H and O–H groups in total. The van der Waals surface area contributed by atoms with Crippen molar-refractivity contribution in [3.05, 3.63) is 0 Å². The van der Waals surface area contributed by atoms with Gasteiger partial charge in [-0.05, 0) is 20.4 Å². The van der Waals surface area contributed by atoms with Crippen molar-refractivity contribution in [2.45, 2.75) is 25.9 Å². The van der Waals surface area contributed by atoms with E-state index in [0.29, 0.717) is 25.5 Å². The molecule has 0 bridgehead atoms. The molecule has 0 rings (SSSR count). The highest BCUT2D eigenvalue weighted by molar-refractivity contribution is 7.91. The summed E-state index contributed by atoms with van der Waals surface area (Å²) in [6.45, 7) is 5.28. The molecular weight excluding hydrogens is 190 g/mol. The lowest BCUT2D eigenvalue weighted by Gasteiger charge is -2.20. The molecule has 1 unspecified atom stereocenters. The fourth-order valence-electron chi connectivity index (χ4n) is 0.794. The van der Waals surface area contributed by atoms with Gasteiger partial charge in [-0.1, -0.05) is 0 Å². The van der Waals surface area contributed by atoms with E-state index in [4.69, 9.17) is 15.2 Å². The van der Waals surface area contributed by atoms with E-state index < -0.39 is 16.8 Å². The molecule has 80 valence electrons. The number of nitrogens with two attached hydrogens (primary N) is 1. The molecule has 0 fully saturated rings. The average Bonchev–Trinajstić information content (AvgIpc) is 2.14. The topological polar surface area (TPSA) is 67.5 Å². The smallest absolute Gasteiger partial charge is 0.327 e. The maximum absolute atomic E-state index is 11.5. The van der Waals surface area contributed by atoms with Crippen LogP contribution in [-0.2, 0) is 20.6 Å². The Balaban J connectivity index is 3.72. The van der Waals surface area contributed by atoms with Gasteiger partial charge in [0.2, 0.25) is 0 Å². The molecule has 0 aromatic heterocycles. The molecule has 0 aliphatic rings. The molecule has 0 saturated heterocycles. The first-order valence-corrected chi connectivity index (χ1v) is 5.94. The largest absolute Gasteiger partial charge is 0.612 e. The minimum Gasteiger partial charge on any atom is -0.612 e. The predicted molar refractivity (Wildman–Crippen MR) is 53.7 cm³/mol. The number of hydrogen-bond donors (Lipinski definition) is 1. The van der Waals surface area contributed by atoms with Crippen LogP contribution in [0.2, 0.25) is 0 Å². The van der Waals surface area contributed by atoms with E-state index >= 15 is 0 Å². The van der Waals surface area contributed by atoms with E-state index in [1.807, 2.05) is 13.8 Å². The Kier molecular flexibility index (Phi) is 8.90. The molecule has 0 radical (unpaired) electrons. The zero-order valence-corrected chi connectivity index (χ0v) is 9.14. The highest BCUT2D eigenvalue weighted by Crippen LogP contribution is 2.07. The van der Waals surface area contributed by atoms with Crippen molar-refractivity contribution in [3.63, 3.8) is 0 Å². The summed E-state index contributed by atoms with van der Waals surface area (Å²) in [7, 11) is 0. The summed E-state index contributed by atoms with van der Waals surface area (Å²) >= 11 is -1.08. The quantitative estimate of drug-likeness (QED) is 0.465. The van der Waals surface area contributed by atoms with Crippen LogP contribution in [0.5, 0.6) is 0 Å². The van der Waals surface area contributed by atoms with E-state index in [1.165, 1.54) is 0 Å². The first-order valence-electron chi connectivity index (χ1n) is 4.56. The Hall–Kier alpha value is 0.190. The van der Waals surface area contributed by atoms with Gasteiger partial charge in [0, 0.05) is 17.6 Å². The standard InChI is InChI=1S/C8H19NO3S/c1-3-11-8(12-4-2)13(10)7-5-6-9/h8H,3-7,9H2,1-2H3. The molecule has 5 heteroatoms. The highest BCUT2D eigenvalue weighted by Gasteiger charge is 2.22. The van der Waals surface area contributed by atoms with E-state index in [-0.39, 0.29) is 0 Å². The van der Waals surface area contributed by atoms with Crippen molar-refractivity contribution in [2.75, 3.05) is 25.5 Å². The van der Waals surface area contributed by atoms with Crippen LogP contribution < -0.4 is 5.73 Å². The SMILES string of the molecule is CCOC(OCC)[S+]([O-])CCCN. The van der Waals surface area contributed by atoms with Gasteiger partial charge in [0.15, 0.2) is 0 Å². The van der Waals surface area contributed by atoms with Gasteiger partial charge in [-0.15, -0.1) is 0 Å². The zero-order chi connectivity index (χ0) is 10.1. The van der Waals surface area contributed by atoms with Crippen LogP contribution in [0.3, 0.4) is 0 Å². The van der Waals surface area contributed by atoms with Gasteiger partial charge in [-0.2, -0.15) is 0 Å². The molecule has 13 heavy (non-hydrogen) atoms. The number of ether oxygens (including phenoxy) is 2. The maximum Gasteiger partial charge on any atom is 0.327 e. The molecule has 0 aromatic carbocycles. The second-order valence-electron chi connectivity index (χ2n) is 2.43. The van der Waals surface area contributed by atoms with Gasteiger partial charge in [-0.3, -0.25) is 0 Å². The van der Waals surface area contributed by atoms with Crippen LogP contribution >= 0.6 is 0 Å². The monoisotopic (exact) mass is 209 g/mol. The highest BCUT2D eigenvalue weighted by atomic mass is 32.2. The predicted octanol–water partition coefficient (Wildman–Crippen LogP) is 0.441. The molecule has 0 aliphatic heterocycles. The van der Waals surface area contributed by atoms with Gasteiger partial charge in [-0.25, -0.2) is 0 Å². The number of hydrogen-bond acceptors (Lipinski definition) is 4. The molecule has 4 nitrogen and oxygen atoms in total.